The molecule has 5 heteroatoms. The molecule has 2 N–H and O–H groups in total. The number of aliphatic hydroxyl groups is 1. The number of furan rings is 1. The lowest BCUT2D eigenvalue weighted by atomic mass is 9.92. The Morgan fingerprint density at radius 1 is 1.38 bits per heavy atom. The second-order valence-corrected chi connectivity index (χ2v) is 6.54. The Morgan fingerprint density at radius 2 is 2.14 bits per heavy atom. The first-order valence-corrected chi connectivity index (χ1v) is 8.03. The van der Waals surface area contributed by atoms with Gasteiger partial charge in [-0.2, -0.15) is 0 Å². The van der Waals surface area contributed by atoms with E-state index in [4.69, 9.17) is 4.42 Å². The van der Waals surface area contributed by atoms with Crippen LogP contribution >= 0.6 is 15.9 Å². The lowest BCUT2D eigenvalue weighted by Crippen LogP contribution is -2.45. The lowest BCUT2D eigenvalue weighted by molar-refractivity contribution is 0.0699. The summed E-state index contributed by atoms with van der Waals surface area (Å²) in [5.74, 6) is 0.0895. The maximum absolute atomic E-state index is 12.4. The van der Waals surface area contributed by atoms with Crippen molar-refractivity contribution in [2.24, 2.45) is 0 Å². The van der Waals surface area contributed by atoms with E-state index in [9.17, 15) is 9.90 Å². The number of amides is 1. The van der Waals surface area contributed by atoms with Crippen molar-refractivity contribution in [3.8, 4) is 0 Å². The van der Waals surface area contributed by atoms with Gasteiger partial charge in [0.05, 0.1) is 12.1 Å². The smallest absolute Gasteiger partial charge is 0.287 e. The average molecular weight is 352 g/mol. The van der Waals surface area contributed by atoms with Crippen molar-refractivity contribution in [3.05, 3.63) is 34.0 Å². The van der Waals surface area contributed by atoms with Crippen molar-refractivity contribution < 1.29 is 14.3 Å². The van der Waals surface area contributed by atoms with Crippen molar-refractivity contribution in [1.29, 1.82) is 0 Å². The van der Waals surface area contributed by atoms with Gasteiger partial charge >= 0.3 is 0 Å². The standard InChI is InChI=1S/C16H18BrNO3/c1-9-11-8-10(17)6-7-14(11)21-15(9)16(20)18-12-4-2-3-5-13(12)19/h6-8,12-13,19H,2-5H2,1H3,(H,18,20). The van der Waals surface area contributed by atoms with E-state index in [0.29, 0.717) is 11.3 Å². The number of carbonyl (C=O) groups is 1. The molecule has 2 unspecified atom stereocenters. The highest BCUT2D eigenvalue weighted by Crippen LogP contribution is 2.28. The number of aryl methyl sites for hydroxylation is 1. The van der Waals surface area contributed by atoms with Gasteiger partial charge < -0.3 is 14.8 Å². The Labute approximate surface area is 131 Å². The lowest BCUT2D eigenvalue weighted by Gasteiger charge is -2.28. The molecule has 2 aromatic rings. The SMILES string of the molecule is Cc1c(C(=O)NC2CCCCC2O)oc2ccc(Br)cc12. The van der Waals surface area contributed by atoms with Crippen LogP contribution in [0.15, 0.2) is 27.1 Å². The van der Waals surface area contributed by atoms with Gasteiger partial charge in [-0.15, -0.1) is 0 Å². The zero-order valence-electron chi connectivity index (χ0n) is 11.9. The highest BCUT2D eigenvalue weighted by Gasteiger charge is 2.27. The third-order valence-corrected chi connectivity index (χ3v) is 4.64. The summed E-state index contributed by atoms with van der Waals surface area (Å²) in [6.45, 7) is 1.88. The van der Waals surface area contributed by atoms with Crippen LogP contribution in [-0.4, -0.2) is 23.2 Å². The first kappa shape index (κ1) is 14.6. The molecule has 1 aliphatic rings. The van der Waals surface area contributed by atoms with Gasteiger partial charge in [-0.1, -0.05) is 28.8 Å². The Kier molecular flexibility index (Phi) is 4.04. The van der Waals surface area contributed by atoms with Crippen LogP contribution in [0.25, 0.3) is 11.0 Å². The number of nitrogens with one attached hydrogen (secondary N) is 1. The van der Waals surface area contributed by atoms with E-state index in [-0.39, 0.29) is 11.9 Å². The molecule has 0 radical (unpaired) electrons. The third kappa shape index (κ3) is 2.85. The van der Waals surface area contributed by atoms with Crippen molar-refractivity contribution in [2.75, 3.05) is 0 Å². The fraction of sp³-hybridized carbons (Fsp3) is 0.438. The molecule has 0 bridgehead atoms. The van der Waals surface area contributed by atoms with Crippen LogP contribution in [0.3, 0.4) is 0 Å². The number of hydrogen-bond donors (Lipinski definition) is 2. The second kappa shape index (κ2) is 5.81. The monoisotopic (exact) mass is 351 g/mol. The summed E-state index contributed by atoms with van der Waals surface area (Å²) < 4.78 is 6.63. The summed E-state index contributed by atoms with van der Waals surface area (Å²) in [5.41, 5.74) is 1.53. The van der Waals surface area contributed by atoms with E-state index in [1.54, 1.807) is 0 Å². The van der Waals surface area contributed by atoms with Gasteiger partial charge in [-0.3, -0.25) is 4.79 Å². The summed E-state index contributed by atoms with van der Waals surface area (Å²) in [7, 11) is 0. The largest absolute Gasteiger partial charge is 0.451 e. The van der Waals surface area contributed by atoms with Crippen molar-refractivity contribution in [1.82, 2.24) is 5.32 Å². The van der Waals surface area contributed by atoms with E-state index in [1.807, 2.05) is 25.1 Å². The normalized spacial score (nSPS) is 22.4. The number of rotatable bonds is 2. The van der Waals surface area contributed by atoms with Crippen LogP contribution in [-0.2, 0) is 0 Å². The maximum Gasteiger partial charge on any atom is 0.287 e. The minimum absolute atomic E-state index is 0.175. The topological polar surface area (TPSA) is 62.5 Å². The van der Waals surface area contributed by atoms with Crippen molar-refractivity contribution in [2.45, 2.75) is 44.8 Å². The molecule has 1 fully saturated rings. The molecule has 0 spiro atoms. The molecule has 1 amide bonds. The zero-order valence-corrected chi connectivity index (χ0v) is 13.4. The predicted octanol–water partition coefficient (Wildman–Crippen LogP) is 3.54. The van der Waals surface area contributed by atoms with Crippen LogP contribution in [0, 0.1) is 6.92 Å². The highest BCUT2D eigenvalue weighted by atomic mass is 79.9. The van der Waals surface area contributed by atoms with Gasteiger partial charge in [0.25, 0.3) is 5.91 Å². The fourth-order valence-electron chi connectivity index (χ4n) is 2.92. The molecule has 1 aromatic heterocycles. The van der Waals surface area contributed by atoms with Gasteiger partial charge in [0.15, 0.2) is 5.76 Å². The number of fused-ring (bicyclic) bond motifs is 1. The second-order valence-electron chi connectivity index (χ2n) is 5.63. The van der Waals surface area contributed by atoms with Crippen LogP contribution in [0.2, 0.25) is 0 Å². The number of halogens is 1. The molecule has 0 saturated heterocycles. The summed E-state index contributed by atoms with van der Waals surface area (Å²) in [6.07, 6.45) is 3.16. The Hall–Kier alpha value is -1.33. The number of carbonyl (C=O) groups excluding carboxylic acids is 1. The summed E-state index contributed by atoms with van der Waals surface area (Å²) in [6, 6.07) is 5.50. The van der Waals surface area contributed by atoms with Gasteiger partial charge in [0, 0.05) is 15.4 Å². The molecule has 0 aliphatic heterocycles. The van der Waals surface area contributed by atoms with Crippen LogP contribution in [0.1, 0.15) is 41.8 Å². The van der Waals surface area contributed by atoms with Gasteiger partial charge in [-0.05, 0) is 38.0 Å². The molecule has 1 aromatic carbocycles. The van der Waals surface area contributed by atoms with Gasteiger partial charge in [0.2, 0.25) is 0 Å². The third-order valence-electron chi connectivity index (χ3n) is 4.15. The summed E-state index contributed by atoms with van der Waals surface area (Å²) >= 11 is 3.43. The van der Waals surface area contributed by atoms with E-state index in [2.05, 4.69) is 21.2 Å². The zero-order chi connectivity index (χ0) is 15.0. The first-order valence-electron chi connectivity index (χ1n) is 7.24. The minimum Gasteiger partial charge on any atom is -0.451 e. The highest BCUT2D eigenvalue weighted by molar-refractivity contribution is 9.10. The van der Waals surface area contributed by atoms with E-state index < -0.39 is 6.10 Å². The van der Waals surface area contributed by atoms with E-state index in [1.165, 1.54) is 0 Å². The van der Waals surface area contributed by atoms with Crippen LogP contribution < -0.4 is 5.32 Å². The van der Waals surface area contributed by atoms with Crippen LogP contribution in [0.4, 0.5) is 0 Å². The Morgan fingerprint density at radius 3 is 2.90 bits per heavy atom. The Bertz CT molecular complexity index is 679. The Balaban J connectivity index is 1.86. The number of benzene rings is 1. The summed E-state index contributed by atoms with van der Waals surface area (Å²) in [5, 5.41) is 13.8. The quantitative estimate of drug-likeness (QED) is 0.869. The molecule has 112 valence electrons. The van der Waals surface area contributed by atoms with E-state index in [0.717, 1.165) is 41.1 Å². The maximum atomic E-state index is 12.4. The van der Waals surface area contributed by atoms with Gasteiger partial charge in [-0.25, -0.2) is 0 Å². The van der Waals surface area contributed by atoms with Gasteiger partial charge in [0.1, 0.15) is 5.58 Å². The van der Waals surface area contributed by atoms with E-state index >= 15 is 0 Å². The number of hydrogen-bond acceptors (Lipinski definition) is 3. The predicted molar refractivity (Wildman–Crippen MR) is 84.4 cm³/mol. The number of aliphatic hydroxyl groups excluding tert-OH is 1. The molecular weight excluding hydrogens is 334 g/mol. The van der Waals surface area contributed by atoms with Crippen molar-refractivity contribution >= 4 is 32.8 Å². The molecule has 21 heavy (non-hydrogen) atoms. The molecule has 4 nitrogen and oxygen atoms in total. The molecule has 2 atom stereocenters. The minimum atomic E-state index is -0.457. The van der Waals surface area contributed by atoms with Crippen LogP contribution in [0.5, 0.6) is 0 Å². The molecule has 1 aliphatic carbocycles. The molecule has 3 rings (SSSR count). The fourth-order valence-corrected chi connectivity index (χ4v) is 3.28. The molecule has 1 heterocycles. The summed E-state index contributed by atoms with van der Waals surface area (Å²) in [4.78, 5) is 12.4. The average Bonchev–Trinajstić information content (AvgIpc) is 2.79. The molecular formula is C16H18BrNO3. The first-order chi connectivity index (χ1) is 10.1. The van der Waals surface area contributed by atoms with Crippen molar-refractivity contribution in [3.63, 3.8) is 0 Å². The molecule has 1 saturated carbocycles.